The fourth-order valence-electron chi connectivity index (χ4n) is 2.72. The second kappa shape index (κ2) is 10.0. The average Bonchev–Trinajstić information content (AvgIpc) is 2.75. The van der Waals surface area contributed by atoms with Crippen molar-refractivity contribution in [3.05, 3.63) is 93.1 Å². The second-order valence-electron chi connectivity index (χ2n) is 6.45. The number of halogens is 1. The summed E-state index contributed by atoms with van der Waals surface area (Å²) in [5.74, 6) is -1.49. The Hall–Kier alpha value is -3.20. The monoisotopic (exact) mass is 514 g/mol. The minimum atomic E-state index is -0.701. The van der Waals surface area contributed by atoms with E-state index in [0.29, 0.717) is 16.9 Å². The SMILES string of the molecule is Cc1cc(I)ccc1NC(=O)COC(=O)c1ccccc1NC(=O)c1ccccc1. The Morgan fingerprint density at radius 2 is 1.57 bits per heavy atom. The van der Waals surface area contributed by atoms with E-state index in [9.17, 15) is 14.4 Å². The van der Waals surface area contributed by atoms with Gasteiger partial charge in [-0.1, -0.05) is 30.3 Å². The molecule has 0 aromatic heterocycles. The molecule has 0 heterocycles. The van der Waals surface area contributed by atoms with Crippen molar-refractivity contribution in [2.24, 2.45) is 0 Å². The van der Waals surface area contributed by atoms with E-state index in [1.807, 2.05) is 25.1 Å². The van der Waals surface area contributed by atoms with Crippen molar-refractivity contribution in [3.8, 4) is 0 Å². The topological polar surface area (TPSA) is 84.5 Å². The number of esters is 1. The minimum Gasteiger partial charge on any atom is -0.452 e. The van der Waals surface area contributed by atoms with Crippen molar-refractivity contribution in [3.63, 3.8) is 0 Å². The van der Waals surface area contributed by atoms with E-state index in [4.69, 9.17) is 4.74 Å². The highest BCUT2D eigenvalue weighted by Gasteiger charge is 2.16. The van der Waals surface area contributed by atoms with Gasteiger partial charge < -0.3 is 15.4 Å². The molecule has 0 aliphatic heterocycles. The fraction of sp³-hybridized carbons (Fsp3) is 0.0870. The molecule has 0 unspecified atom stereocenters. The highest BCUT2D eigenvalue weighted by molar-refractivity contribution is 14.1. The molecule has 3 rings (SSSR count). The maximum Gasteiger partial charge on any atom is 0.340 e. The van der Waals surface area contributed by atoms with Crippen molar-refractivity contribution in [2.75, 3.05) is 17.2 Å². The Morgan fingerprint density at radius 1 is 0.867 bits per heavy atom. The number of ether oxygens (including phenoxy) is 1. The van der Waals surface area contributed by atoms with Gasteiger partial charge in [0.1, 0.15) is 0 Å². The lowest BCUT2D eigenvalue weighted by molar-refractivity contribution is -0.119. The maximum absolute atomic E-state index is 12.5. The van der Waals surface area contributed by atoms with Crippen LogP contribution in [0, 0.1) is 10.5 Å². The molecule has 0 saturated carbocycles. The molecule has 0 radical (unpaired) electrons. The van der Waals surface area contributed by atoms with Gasteiger partial charge in [0.25, 0.3) is 11.8 Å². The molecule has 0 aliphatic rings. The molecule has 0 aliphatic carbocycles. The van der Waals surface area contributed by atoms with Gasteiger partial charge in [-0.25, -0.2) is 4.79 Å². The lowest BCUT2D eigenvalue weighted by Gasteiger charge is -2.12. The first-order valence-corrected chi connectivity index (χ1v) is 10.2. The summed E-state index contributed by atoms with van der Waals surface area (Å²) in [4.78, 5) is 37.1. The highest BCUT2D eigenvalue weighted by atomic mass is 127. The number of carbonyl (C=O) groups excluding carboxylic acids is 3. The third-order valence-electron chi connectivity index (χ3n) is 4.23. The Bertz CT molecular complexity index is 1080. The maximum atomic E-state index is 12.5. The molecule has 152 valence electrons. The summed E-state index contributed by atoms with van der Waals surface area (Å²) in [7, 11) is 0. The first kappa shape index (κ1) is 21.5. The summed E-state index contributed by atoms with van der Waals surface area (Å²) in [5, 5.41) is 5.43. The standard InChI is InChI=1S/C23H19IN2O4/c1-15-13-17(24)11-12-19(15)25-21(27)14-30-23(29)18-9-5-6-10-20(18)26-22(28)16-7-3-2-4-8-16/h2-13H,14H2,1H3,(H,25,27)(H,26,28). The van der Waals surface area contributed by atoms with Crippen LogP contribution < -0.4 is 10.6 Å². The number of hydrogen-bond acceptors (Lipinski definition) is 4. The molecule has 0 saturated heterocycles. The first-order chi connectivity index (χ1) is 14.4. The van der Waals surface area contributed by atoms with Crippen LogP contribution in [0.2, 0.25) is 0 Å². The Kier molecular flexibility index (Phi) is 7.18. The van der Waals surface area contributed by atoms with Gasteiger partial charge in [-0.3, -0.25) is 9.59 Å². The second-order valence-corrected chi connectivity index (χ2v) is 7.69. The van der Waals surface area contributed by atoms with Crippen molar-refractivity contribution >= 4 is 51.7 Å². The van der Waals surface area contributed by atoms with Gasteiger partial charge >= 0.3 is 5.97 Å². The van der Waals surface area contributed by atoms with E-state index in [2.05, 4.69) is 33.2 Å². The number of nitrogens with one attached hydrogen (secondary N) is 2. The number of amides is 2. The van der Waals surface area contributed by atoms with Gasteiger partial charge in [0, 0.05) is 14.8 Å². The van der Waals surface area contributed by atoms with E-state index >= 15 is 0 Å². The molecule has 0 atom stereocenters. The number of anilines is 2. The summed E-state index contributed by atoms with van der Waals surface area (Å²) in [5.41, 5.74) is 2.51. The highest BCUT2D eigenvalue weighted by Crippen LogP contribution is 2.19. The summed E-state index contributed by atoms with van der Waals surface area (Å²) in [6, 6.07) is 20.8. The smallest absolute Gasteiger partial charge is 0.340 e. The zero-order valence-corrected chi connectivity index (χ0v) is 18.3. The summed E-state index contributed by atoms with van der Waals surface area (Å²) >= 11 is 2.19. The normalized spacial score (nSPS) is 10.2. The lowest BCUT2D eigenvalue weighted by Crippen LogP contribution is -2.22. The van der Waals surface area contributed by atoms with Gasteiger partial charge in [0.05, 0.1) is 11.3 Å². The van der Waals surface area contributed by atoms with Gasteiger partial charge in [0.15, 0.2) is 6.61 Å². The number of carbonyl (C=O) groups is 3. The minimum absolute atomic E-state index is 0.167. The Morgan fingerprint density at radius 3 is 2.30 bits per heavy atom. The molecule has 3 aromatic carbocycles. The van der Waals surface area contributed by atoms with Crippen molar-refractivity contribution in [1.29, 1.82) is 0 Å². The van der Waals surface area contributed by atoms with E-state index in [1.165, 1.54) is 6.07 Å². The third-order valence-corrected chi connectivity index (χ3v) is 4.90. The van der Waals surface area contributed by atoms with Crippen LogP contribution in [0.25, 0.3) is 0 Å². The van der Waals surface area contributed by atoms with E-state index < -0.39 is 18.5 Å². The molecule has 3 aromatic rings. The predicted octanol–water partition coefficient (Wildman–Crippen LogP) is 4.65. The van der Waals surface area contributed by atoms with E-state index in [0.717, 1.165) is 9.13 Å². The molecule has 6 nitrogen and oxygen atoms in total. The molecular weight excluding hydrogens is 495 g/mol. The lowest BCUT2D eigenvalue weighted by atomic mass is 10.1. The Labute approximate surface area is 187 Å². The van der Waals surface area contributed by atoms with Crippen molar-refractivity contribution < 1.29 is 19.1 Å². The van der Waals surface area contributed by atoms with Gasteiger partial charge in [-0.2, -0.15) is 0 Å². The molecule has 0 bridgehead atoms. The van der Waals surface area contributed by atoms with Crippen molar-refractivity contribution in [1.82, 2.24) is 0 Å². The van der Waals surface area contributed by atoms with Crippen LogP contribution in [0.4, 0.5) is 11.4 Å². The van der Waals surface area contributed by atoms with Crippen LogP contribution >= 0.6 is 22.6 Å². The number of rotatable bonds is 6. The molecule has 30 heavy (non-hydrogen) atoms. The largest absolute Gasteiger partial charge is 0.452 e. The van der Waals surface area contributed by atoms with E-state index in [-0.39, 0.29) is 11.5 Å². The molecule has 2 N–H and O–H groups in total. The Balaban J connectivity index is 1.63. The van der Waals surface area contributed by atoms with Crippen LogP contribution in [0.15, 0.2) is 72.8 Å². The average molecular weight is 514 g/mol. The quantitative estimate of drug-likeness (QED) is 0.371. The van der Waals surface area contributed by atoms with Crippen LogP contribution in [-0.4, -0.2) is 24.4 Å². The number of hydrogen-bond donors (Lipinski definition) is 2. The van der Waals surface area contributed by atoms with Gasteiger partial charge in [-0.15, -0.1) is 0 Å². The summed E-state index contributed by atoms with van der Waals surface area (Å²) in [6.07, 6.45) is 0. The fourth-order valence-corrected chi connectivity index (χ4v) is 3.36. The molecule has 0 fully saturated rings. The summed E-state index contributed by atoms with van der Waals surface area (Å²) in [6.45, 7) is 1.45. The third kappa shape index (κ3) is 5.66. The van der Waals surface area contributed by atoms with Crippen LogP contribution in [0.3, 0.4) is 0 Å². The van der Waals surface area contributed by atoms with Crippen LogP contribution in [-0.2, 0) is 9.53 Å². The molecule has 2 amide bonds. The van der Waals surface area contributed by atoms with Crippen molar-refractivity contribution in [2.45, 2.75) is 6.92 Å². The van der Waals surface area contributed by atoms with Crippen LogP contribution in [0.1, 0.15) is 26.3 Å². The molecule has 0 spiro atoms. The number of para-hydroxylation sites is 1. The molecule has 7 heteroatoms. The molecular formula is C23H19IN2O4. The first-order valence-electron chi connectivity index (χ1n) is 9.12. The zero-order valence-electron chi connectivity index (χ0n) is 16.1. The predicted molar refractivity (Wildman–Crippen MR) is 124 cm³/mol. The summed E-state index contributed by atoms with van der Waals surface area (Å²) < 4.78 is 6.21. The zero-order chi connectivity index (χ0) is 21.5. The van der Waals surface area contributed by atoms with Crippen LogP contribution in [0.5, 0.6) is 0 Å². The number of benzene rings is 3. The van der Waals surface area contributed by atoms with Gasteiger partial charge in [-0.05, 0) is 77.5 Å². The van der Waals surface area contributed by atoms with Gasteiger partial charge in [0.2, 0.25) is 0 Å². The van der Waals surface area contributed by atoms with E-state index in [1.54, 1.807) is 48.5 Å². The number of aryl methyl sites for hydroxylation is 1.